The van der Waals surface area contributed by atoms with Crippen molar-refractivity contribution < 1.29 is 18.0 Å². The molecule has 0 spiro atoms. The molecule has 0 aliphatic carbocycles. The van der Waals surface area contributed by atoms with Crippen molar-refractivity contribution in [3.63, 3.8) is 0 Å². The number of carbonyl (C=O) groups excluding carboxylic acids is 1. The number of nitrogens with two attached hydrogens (primary N) is 1. The first-order chi connectivity index (χ1) is 12.3. The Morgan fingerprint density at radius 1 is 1.38 bits per heavy atom. The molecule has 1 aliphatic rings. The van der Waals surface area contributed by atoms with Gasteiger partial charge in [-0.1, -0.05) is 11.6 Å². The molecule has 1 aliphatic heterocycles. The van der Waals surface area contributed by atoms with Gasteiger partial charge in [0, 0.05) is 39.3 Å². The molecular weight excluding hydrogens is 369 g/mol. The van der Waals surface area contributed by atoms with Gasteiger partial charge in [-0.05, 0) is 24.3 Å². The highest BCUT2D eigenvalue weighted by Gasteiger charge is 2.36. The quantitative estimate of drug-likeness (QED) is 0.470. The lowest BCUT2D eigenvalue weighted by Crippen LogP contribution is -2.20. The lowest BCUT2D eigenvalue weighted by molar-refractivity contribution is 0.0960. The predicted octanol–water partition coefficient (Wildman–Crippen LogP) is 3.57. The Labute approximate surface area is 151 Å². The zero-order chi connectivity index (χ0) is 19.0. The Kier molecular flexibility index (Phi) is 4.78. The van der Waals surface area contributed by atoms with Crippen molar-refractivity contribution in [3.05, 3.63) is 57.4 Å². The third kappa shape index (κ3) is 3.08. The molecule has 9 heteroatoms. The Hall–Kier alpha value is -2.74. The average molecular weight is 383 g/mol. The molecular formula is C17H14ClF3N4O. The van der Waals surface area contributed by atoms with Gasteiger partial charge in [-0.15, -0.1) is 0 Å². The van der Waals surface area contributed by atoms with Gasteiger partial charge >= 0.3 is 0 Å². The second-order valence-electron chi connectivity index (χ2n) is 5.70. The van der Waals surface area contributed by atoms with Gasteiger partial charge in [0.25, 0.3) is 12.3 Å². The maximum absolute atomic E-state index is 13.6. The molecule has 0 aromatic heterocycles. The van der Waals surface area contributed by atoms with Crippen molar-refractivity contribution in [1.82, 2.24) is 5.32 Å². The molecule has 3 rings (SSSR count). The number of rotatable bonds is 5. The SMILES string of the molecule is N=Cc1c(NCC(F)F)cc(N)c2c1C(=O)NC2c1cc(F)ccc1Cl. The minimum atomic E-state index is -2.62. The summed E-state index contributed by atoms with van der Waals surface area (Å²) < 4.78 is 38.6. The molecule has 2 aromatic rings. The molecule has 2 aromatic carbocycles. The van der Waals surface area contributed by atoms with E-state index in [-0.39, 0.29) is 27.5 Å². The van der Waals surface area contributed by atoms with Crippen LogP contribution in [0.15, 0.2) is 24.3 Å². The Bertz CT molecular complexity index is 904. The number of amides is 1. The van der Waals surface area contributed by atoms with Crippen molar-refractivity contribution in [3.8, 4) is 0 Å². The van der Waals surface area contributed by atoms with Crippen molar-refractivity contribution >= 4 is 35.1 Å². The van der Waals surface area contributed by atoms with Crippen LogP contribution in [0.5, 0.6) is 0 Å². The highest BCUT2D eigenvalue weighted by Crippen LogP contribution is 2.41. The van der Waals surface area contributed by atoms with Crippen LogP contribution in [0.1, 0.15) is 33.1 Å². The second-order valence-corrected chi connectivity index (χ2v) is 6.11. The first-order valence-electron chi connectivity index (χ1n) is 7.58. The zero-order valence-corrected chi connectivity index (χ0v) is 14.0. The zero-order valence-electron chi connectivity index (χ0n) is 13.2. The number of anilines is 2. The van der Waals surface area contributed by atoms with Gasteiger partial charge in [0.05, 0.1) is 18.2 Å². The maximum Gasteiger partial charge on any atom is 0.255 e. The predicted molar refractivity (Wildman–Crippen MR) is 94.0 cm³/mol. The maximum atomic E-state index is 13.6. The molecule has 0 saturated heterocycles. The van der Waals surface area contributed by atoms with Crippen LogP contribution < -0.4 is 16.4 Å². The Balaban J connectivity index is 2.16. The number of hydrogen-bond acceptors (Lipinski definition) is 4. The van der Waals surface area contributed by atoms with Gasteiger partial charge in [0.15, 0.2) is 0 Å². The topological polar surface area (TPSA) is 91.0 Å². The average Bonchev–Trinajstić information content (AvgIpc) is 2.93. The molecule has 0 fully saturated rings. The van der Waals surface area contributed by atoms with E-state index in [4.69, 9.17) is 22.7 Å². The van der Waals surface area contributed by atoms with Gasteiger partial charge in [0.1, 0.15) is 5.82 Å². The lowest BCUT2D eigenvalue weighted by atomic mass is 9.92. The Morgan fingerprint density at radius 3 is 2.77 bits per heavy atom. The number of nitrogen functional groups attached to an aromatic ring is 1. The van der Waals surface area contributed by atoms with Crippen molar-refractivity contribution in [1.29, 1.82) is 5.41 Å². The molecule has 1 heterocycles. The molecule has 1 unspecified atom stereocenters. The number of carbonyl (C=O) groups is 1. The normalized spacial score (nSPS) is 15.7. The molecule has 26 heavy (non-hydrogen) atoms. The van der Waals surface area contributed by atoms with Crippen LogP contribution in [0, 0.1) is 11.2 Å². The summed E-state index contributed by atoms with van der Waals surface area (Å²) in [6, 6.07) is 4.32. The Morgan fingerprint density at radius 2 is 2.12 bits per heavy atom. The number of hydrogen-bond donors (Lipinski definition) is 4. The lowest BCUT2D eigenvalue weighted by Gasteiger charge is -2.18. The summed E-state index contributed by atoms with van der Waals surface area (Å²) in [4.78, 5) is 12.5. The monoisotopic (exact) mass is 382 g/mol. The van der Waals surface area contributed by atoms with Crippen molar-refractivity contribution in [2.75, 3.05) is 17.6 Å². The van der Waals surface area contributed by atoms with Crippen LogP contribution in [0.4, 0.5) is 24.5 Å². The van der Waals surface area contributed by atoms with E-state index >= 15 is 0 Å². The number of alkyl halides is 2. The van der Waals surface area contributed by atoms with Crippen LogP contribution in [0.25, 0.3) is 0 Å². The van der Waals surface area contributed by atoms with Crippen molar-refractivity contribution in [2.45, 2.75) is 12.5 Å². The van der Waals surface area contributed by atoms with Crippen LogP contribution in [-0.2, 0) is 0 Å². The van der Waals surface area contributed by atoms with Crippen LogP contribution in [0.3, 0.4) is 0 Å². The van der Waals surface area contributed by atoms with Crippen LogP contribution >= 0.6 is 11.6 Å². The van der Waals surface area contributed by atoms with E-state index in [0.29, 0.717) is 11.1 Å². The largest absolute Gasteiger partial charge is 0.398 e. The molecule has 1 atom stereocenters. The first kappa shape index (κ1) is 18.1. The summed E-state index contributed by atoms with van der Waals surface area (Å²) >= 11 is 6.13. The smallest absolute Gasteiger partial charge is 0.255 e. The highest BCUT2D eigenvalue weighted by atomic mass is 35.5. The van der Waals surface area contributed by atoms with Gasteiger partial charge in [-0.2, -0.15) is 0 Å². The van der Waals surface area contributed by atoms with Gasteiger partial charge in [-0.25, -0.2) is 13.2 Å². The summed E-state index contributed by atoms with van der Waals surface area (Å²) in [5, 5.41) is 13.0. The van der Waals surface area contributed by atoms with E-state index in [1.165, 1.54) is 24.3 Å². The third-order valence-electron chi connectivity index (χ3n) is 4.09. The summed E-state index contributed by atoms with van der Waals surface area (Å²) in [6.45, 7) is -0.653. The minimum absolute atomic E-state index is 0.0853. The van der Waals surface area contributed by atoms with Gasteiger partial charge < -0.3 is 21.8 Å². The summed E-state index contributed by atoms with van der Waals surface area (Å²) in [7, 11) is 0. The molecule has 0 saturated carbocycles. The summed E-state index contributed by atoms with van der Waals surface area (Å²) in [5.41, 5.74) is 7.21. The van der Waals surface area contributed by atoms with Crippen LogP contribution in [-0.4, -0.2) is 25.1 Å². The highest BCUT2D eigenvalue weighted by molar-refractivity contribution is 6.31. The van der Waals surface area contributed by atoms with E-state index in [0.717, 1.165) is 6.21 Å². The molecule has 5 N–H and O–H groups in total. The summed E-state index contributed by atoms with van der Waals surface area (Å²) in [5.74, 6) is -1.08. The molecule has 0 radical (unpaired) electrons. The fraction of sp³-hybridized carbons (Fsp3) is 0.176. The van der Waals surface area contributed by atoms with E-state index in [2.05, 4.69) is 10.6 Å². The van der Waals surface area contributed by atoms with Gasteiger partial charge in [-0.3, -0.25) is 4.79 Å². The standard InChI is InChI=1S/C17H14ClF3N4O/c18-10-2-1-7(19)3-8(10)16-15-11(23)4-12(24-6-13(20)21)9(5-22)14(15)17(26)25-16/h1-5,13,16,22,24H,6,23H2,(H,25,26). The van der Waals surface area contributed by atoms with Gasteiger partial charge in [0.2, 0.25) is 0 Å². The van der Waals surface area contributed by atoms with E-state index in [1.54, 1.807) is 0 Å². The molecule has 0 bridgehead atoms. The number of fused-ring (bicyclic) bond motifs is 1. The van der Waals surface area contributed by atoms with Crippen molar-refractivity contribution in [2.24, 2.45) is 0 Å². The fourth-order valence-corrected chi connectivity index (χ4v) is 3.25. The third-order valence-corrected chi connectivity index (χ3v) is 4.44. The van der Waals surface area contributed by atoms with E-state index < -0.39 is 30.7 Å². The molecule has 136 valence electrons. The van der Waals surface area contributed by atoms with Crippen LogP contribution in [0.2, 0.25) is 5.02 Å². The molecule has 1 amide bonds. The fourth-order valence-electron chi connectivity index (χ4n) is 3.02. The summed E-state index contributed by atoms with van der Waals surface area (Å²) in [6.07, 6.45) is -1.72. The molecule has 5 nitrogen and oxygen atoms in total. The number of benzene rings is 2. The first-order valence-corrected chi connectivity index (χ1v) is 7.96. The van der Waals surface area contributed by atoms with E-state index in [9.17, 15) is 18.0 Å². The minimum Gasteiger partial charge on any atom is -0.398 e. The number of nitrogens with one attached hydrogen (secondary N) is 3. The number of halogens is 4. The van der Waals surface area contributed by atoms with E-state index in [1.807, 2.05) is 0 Å². The second kappa shape index (κ2) is 6.87.